The molecule has 0 unspecified atom stereocenters. The highest BCUT2D eigenvalue weighted by molar-refractivity contribution is 7.98. The first kappa shape index (κ1) is 16.1. The Bertz CT molecular complexity index is 569. The van der Waals surface area contributed by atoms with Gasteiger partial charge in [-0.15, -0.1) is 11.3 Å². The highest BCUT2D eigenvalue weighted by Gasteiger charge is 2.05. The Morgan fingerprint density at radius 3 is 2.43 bits per heavy atom. The quantitative estimate of drug-likeness (QED) is 0.562. The average molecular weight is 323 g/mol. The topological polar surface area (TPSA) is 49.8 Å². The Morgan fingerprint density at radius 2 is 1.81 bits per heavy atom. The summed E-state index contributed by atoms with van der Waals surface area (Å²) in [6.45, 7) is 6.06. The summed E-state index contributed by atoms with van der Waals surface area (Å²) in [7, 11) is 0. The van der Waals surface area contributed by atoms with Gasteiger partial charge in [-0.1, -0.05) is 25.6 Å². The van der Waals surface area contributed by atoms with Crippen molar-refractivity contribution in [3.05, 3.63) is 28.0 Å². The van der Waals surface area contributed by atoms with E-state index in [1.54, 1.807) is 11.8 Å². The van der Waals surface area contributed by atoms with Crippen LogP contribution < -0.4 is 10.6 Å². The van der Waals surface area contributed by atoms with Crippen molar-refractivity contribution in [1.82, 2.24) is 9.97 Å². The fourth-order valence-electron chi connectivity index (χ4n) is 1.84. The largest absolute Gasteiger partial charge is 0.370 e. The van der Waals surface area contributed by atoms with Crippen molar-refractivity contribution < 1.29 is 0 Å². The summed E-state index contributed by atoms with van der Waals surface area (Å²) < 4.78 is 0. The van der Waals surface area contributed by atoms with Crippen LogP contribution in [-0.2, 0) is 13.0 Å². The fraction of sp³-hybridized carbons (Fsp3) is 0.467. The van der Waals surface area contributed by atoms with Crippen LogP contribution in [0.25, 0.3) is 0 Å². The Labute approximate surface area is 134 Å². The normalized spacial score (nSPS) is 10.6. The van der Waals surface area contributed by atoms with E-state index in [0.717, 1.165) is 42.7 Å². The van der Waals surface area contributed by atoms with Gasteiger partial charge in [0.2, 0.25) is 0 Å². The van der Waals surface area contributed by atoms with Crippen LogP contribution >= 0.6 is 23.1 Å². The molecule has 0 fully saturated rings. The molecule has 0 saturated carbocycles. The molecule has 4 nitrogen and oxygen atoms in total. The molecule has 0 aromatic carbocycles. The molecule has 0 bridgehead atoms. The average Bonchev–Trinajstić information content (AvgIpc) is 2.98. The van der Waals surface area contributed by atoms with Gasteiger partial charge in [0.05, 0.1) is 6.54 Å². The van der Waals surface area contributed by atoms with Crippen LogP contribution in [0.4, 0.5) is 11.6 Å². The molecule has 0 spiro atoms. The lowest BCUT2D eigenvalue weighted by Gasteiger charge is -2.09. The zero-order valence-corrected chi connectivity index (χ0v) is 14.4. The Morgan fingerprint density at radius 1 is 1.10 bits per heavy atom. The summed E-state index contributed by atoms with van der Waals surface area (Å²) in [6, 6.07) is 6.36. The maximum Gasteiger partial charge on any atom is 0.191 e. The summed E-state index contributed by atoms with van der Waals surface area (Å²) in [5.74, 6) is 1.76. The lowest BCUT2D eigenvalue weighted by Crippen LogP contribution is -2.06. The number of anilines is 2. The van der Waals surface area contributed by atoms with Gasteiger partial charge in [-0.3, -0.25) is 0 Å². The molecular weight excluding hydrogens is 300 g/mol. The van der Waals surface area contributed by atoms with Gasteiger partial charge in [0.15, 0.2) is 5.16 Å². The first-order chi connectivity index (χ1) is 10.2. The molecule has 114 valence electrons. The Kier molecular flexibility index (Phi) is 6.32. The third-order valence-electron chi connectivity index (χ3n) is 2.95. The smallest absolute Gasteiger partial charge is 0.191 e. The molecule has 2 heterocycles. The summed E-state index contributed by atoms with van der Waals surface area (Å²) >= 11 is 3.41. The Balaban J connectivity index is 2.03. The minimum absolute atomic E-state index is 0.791. The summed E-state index contributed by atoms with van der Waals surface area (Å²) in [5.41, 5.74) is 0. The van der Waals surface area contributed by atoms with Crippen LogP contribution in [0.5, 0.6) is 0 Å². The zero-order chi connectivity index (χ0) is 15.1. The van der Waals surface area contributed by atoms with E-state index in [-0.39, 0.29) is 0 Å². The molecule has 0 aliphatic carbocycles. The monoisotopic (exact) mass is 322 g/mol. The minimum Gasteiger partial charge on any atom is -0.370 e. The highest BCUT2D eigenvalue weighted by Crippen LogP contribution is 2.20. The number of thioether (sulfide) groups is 1. The van der Waals surface area contributed by atoms with E-state index in [4.69, 9.17) is 0 Å². The van der Waals surface area contributed by atoms with Crippen molar-refractivity contribution in [3.8, 4) is 0 Å². The fourth-order valence-corrected chi connectivity index (χ4v) is 3.11. The molecule has 0 radical (unpaired) electrons. The second-order valence-corrected chi connectivity index (χ2v) is 6.65. The third kappa shape index (κ3) is 4.89. The molecule has 2 rings (SSSR count). The van der Waals surface area contributed by atoms with Crippen LogP contribution in [0, 0.1) is 0 Å². The molecule has 0 amide bonds. The van der Waals surface area contributed by atoms with Crippen LogP contribution in [0.3, 0.4) is 0 Å². The van der Waals surface area contributed by atoms with E-state index in [1.165, 1.54) is 9.75 Å². The van der Waals surface area contributed by atoms with Gasteiger partial charge in [0, 0.05) is 22.4 Å². The molecule has 2 N–H and O–H groups in total. The maximum atomic E-state index is 4.51. The molecule has 21 heavy (non-hydrogen) atoms. The van der Waals surface area contributed by atoms with Crippen molar-refractivity contribution in [2.24, 2.45) is 0 Å². The summed E-state index contributed by atoms with van der Waals surface area (Å²) in [6.07, 6.45) is 4.17. The van der Waals surface area contributed by atoms with E-state index in [0.29, 0.717) is 0 Å². The molecule has 6 heteroatoms. The number of thiophene rings is 1. The van der Waals surface area contributed by atoms with Crippen molar-refractivity contribution in [3.63, 3.8) is 0 Å². The van der Waals surface area contributed by atoms with Crippen molar-refractivity contribution >= 4 is 34.7 Å². The van der Waals surface area contributed by atoms with Gasteiger partial charge >= 0.3 is 0 Å². The standard InChI is InChI=1S/C15H22N4S2/c1-4-8-16-13-9-14(19-15(18-13)20-3)17-10-12-7-6-11(5-2)21-12/h6-7,9H,4-5,8,10H2,1-3H3,(H2,16,17,18,19). The van der Waals surface area contributed by atoms with Crippen molar-refractivity contribution in [1.29, 1.82) is 0 Å². The lowest BCUT2D eigenvalue weighted by atomic mass is 10.3. The van der Waals surface area contributed by atoms with Crippen molar-refractivity contribution in [2.75, 3.05) is 23.4 Å². The SMILES string of the molecule is CCCNc1cc(NCc2ccc(CC)s2)nc(SC)n1. The number of hydrogen-bond donors (Lipinski definition) is 2. The lowest BCUT2D eigenvalue weighted by molar-refractivity contribution is 0.923. The predicted octanol–water partition coefficient (Wildman–Crippen LogP) is 4.26. The van der Waals surface area contributed by atoms with E-state index < -0.39 is 0 Å². The number of nitrogens with zero attached hydrogens (tertiary/aromatic N) is 2. The van der Waals surface area contributed by atoms with Crippen LogP contribution in [-0.4, -0.2) is 22.8 Å². The minimum atomic E-state index is 0.791. The summed E-state index contributed by atoms with van der Waals surface area (Å²) in [5, 5.41) is 7.51. The van der Waals surface area contributed by atoms with E-state index in [9.17, 15) is 0 Å². The molecule has 0 aliphatic heterocycles. The number of aryl methyl sites for hydroxylation is 1. The van der Waals surface area contributed by atoms with Gasteiger partial charge in [0.25, 0.3) is 0 Å². The molecule has 0 aliphatic rings. The number of nitrogens with one attached hydrogen (secondary N) is 2. The van der Waals surface area contributed by atoms with Crippen molar-refractivity contribution in [2.45, 2.75) is 38.4 Å². The number of aromatic nitrogens is 2. The Hall–Kier alpha value is -1.27. The second kappa shape index (κ2) is 8.24. The van der Waals surface area contributed by atoms with E-state index in [2.05, 4.69) is 46.6 Å². The first-order valence-corrected chi connectivity index (χ1v) is 9.27. The van der Waals surface area contributed by atoms with Crippen LogP contribution in [0.15, 0.2) is 23.4 Å². The predicted molar refractivity (Wildman–Crippen MR) is 93.6 cm³/mol. The first-order valence-electron chi connectivity index (χ1n) is 7.23. The van der Waals surface area contributed by atoms with Gasteiger partial charge < -0.3 is 10.6 Å². The summed E-state index contributed by atoms with van der Waals surface area (Å²) in [4.78, 5) is 11.7. The second-order valence-electron chi connectivity index (χ2n) is 4.63. The molecule has 2 aromatic rings. The van der Waals surface area contributed by atoms with E-state index >= 15 is 0 Å². The molecule has 0 saturated heterocycles. The highest BCUT2D eigenvalue weighted by atomic mass is 32.2. The van der Waals surface area contributed by atoms with E-state index in [1.807, 2.05) is 23.7 Å². The van der Waals surface area contributed by atoms with Gasteiger partial charge in [-0.25, -0.2) is 9.97 Å². The maximum absolute atomic E-state index is 4.51. The number of hydrogen-bond acceptors (Lipinski definition) is 6. The zero-order valence-electron chi connectivity index (χ0n) is 12.8. The third-order valence-corrected chi connectivity index (χ3v) is 4.73. The molecule has 2 aromatic heterocycles. The van der Waals surface area contributed by atoms with Gasteiger partial charge in [0.1, 0.15) is 11.6 Å². The van der Waals surface area contributed by atoms with Gasteiger partial charge in [-0.2, -0.15) is 0 Å². The molecule has 0 atom stereocenters. The van der Waals surface area contributed by atoms with Crippen LogP contribution in [0.2, 0.25) is 0 Å². The number of rotatable bonds is 8. The van der Waals surface area contributed by atoms with Gasteiger partial charge in [-0.05, 0) is 31.2 Å². The van der Waals surface area contributed by atoms with Crippen LogP contribution in [0.1, 0.15) is 30.0 Å². The molecular formula is C15H22N4S2.